The van der Waals surface area contributed by atoms with Crippen molar-refractivity contribution in [2.75, 3.05) is 19.1 Å². The van der Waals surface area contributed by atoms with Gasteiger partial charge in [-0.2, -0.15) is 0 Å². The van der Waals surface area contributed by atoms with Gasteiger partial charge in [-0.25, -0.2) is 14.6 Å². The Morgan fingerprint density at radius 1 is 1.21 bits per heavy atom. The van der Waals surface area contributed by atoms with Crippen molar-refractivity contribution in [3.63, 3.8) is 0 Å². The van der Waals surface area contributed by atoms with Gasteiger partial charge in [0.15, 0.2) is 5.82 Å². The molecule has 0 amide bonds. The summed E-state index contributed by atoms with van der Waals surface area (Å²) in [5, 5.41) is 0.485. The highest BCUT2D eigenvalue weighted by Crippen LogP contribution is 2.29. The zero-order valence-corrected chi connectivity index (χ0v) is 19.6. The van der Waals surface area contributed by atoms with Gasteiger partial charge in [-0.05, 0) is 48.8 Å². The average Bonchev–Trinajstić information content (AvgIpc) is 2.78. The fourth-order valence-corrected chi connectivity index (χ4v) is 4.73. The molecule has 0 saturated carbocycles. The minimum absolute atomic E-state index is 0.110. The Bertz CT molecular complexity index is 1320. The zero-order valence-electron chi connectivity index (χ0n) is 18.8. The maximum Gasteiger partial charge on any atom is 0.272 e. The van der Waals surface area contributed by atoms with Gasteiger partial charge in [0.05, 0.1) is 12.3 Å². The summed E-state index contributed by atoms with van der Waals surface area (Å²) in [4.78, 5) is 28.5. The largest absolute Gasteiger partial charge is 0.378 e. The van der Waals surface area contributed by atoms with Crippen LogP contribution in [0.15, 0.2) is 41.0 Å². The number of ether oxygens (including phenoxy) is 1. The molecule has 9 heteroatoms. The van der Waals surface area contributed by atoms with Crippen LogP contribution in [0.3, 0.4) is 0 Å². The molecule has 0 bridgehead atoms. The number of halogens is 1. The predicted molar refractivity (Wildman–Crippen MR) is 127 cm³/mol. The van der Waals surface area contributed by atoms with Crippen LogP contribution in [0.4, 0.5) is 0 Å². The first-order valence-electron chi connectivity index (χ1n) is 10.8. The molecule has 170 valence electrons. The Hall–Kier alpha value is -3.07. The Balaban J connectivity index is 1.42. The molecule has 0 aromatic carbocycles. The Labute approximate surface area is 196 Å². The molecule has 0 fully saturated rings. The van der Waals surface area contributed by atoms with Gasteiger partial charge in [-0.15, -0.1) is 0 Å². The monoisotopic (exact) mass is 464 g/mol. The third kappa shape index (κ3) is 4.17. The van der Waals surface area contributed by atoms with Crippen molar-refractivity contribution in [3.8, 4) is 11.1 Å². The van der Waals surface area contributed by atoms with Crippen molar-refractivity contribution in [2.45, 2.75) is 39.6 Å². The van der Waals surface area contributed by atoms with Crippen LogP contribution in [0.5, 0.6) is 0 Å². The van der Waals surface area contributed by atoms with Crippen molar-refractivity contribution < 1.29 is 4.74 Å². The summed E-state index contributed by atoms with van der Waals surface area (Å²) in [5.74, 6) is 0.593. The summed E-state index contributed by atoms with van der Waals surface area (Å²) in [5.41, 5.74) is 10.3. The minimum Gasteiger partial charge on any atom is -0.378 e. The number of fused-ring (bicyclic) bond motifs is 2. The summed E-state index contributed by atoms with van der Waals surface area (Å²) in [6, 6.07) is 5.56. The smallest absolute Gasteiger partial charge is 0.272 e. The first kappa shape index (κ1) is 21.8. The van der Waals surface area contributed by atoms with Gasteiger partial charge in [0, 0.05) is 61.9 Å². The van der Waals surface area contributed by atoms with Crippen LogP contribution in [0, 0.1) is 6.92 Å². The van der Waals surface area contributed by atoms with Gasteiger partial charge in [-0.3, -0.25) is 20.1 Å². The zero-order chi connectivity index (χ0) is 23.1. The highest BCUT2D eigenvalue weighted by atomic mass is 35.5. The molecule has 8 nitrogen and oxygen atoms in total. The van der Waals surface area contributed by atoms with Gasteiger partial charge in [-0.1, -0.05) is 11.6 Å². The fraction of sp³-hybridized carbons (Fsp3) is 0.333. The quantitative estimate of drug-likeness (QED) is 0.593. The van der Waals surface area contributed by atoms with Crippen LogP contribution < -0.4 is 11.0 Å². The molecule has 0 saturated heterocycles. The lowest BCUT2D eigenvalue weighted by atomic mass is 9.98. The summed E-state index contributed by atoms with van der Waals surface area (Å²) in [7, 11) is 1.59. The van der Waals surface area contributed by atoms with Crippen molar-refractivity contribution in [1.29, 1.82) is 0 Å². The number of rotatable bonds is 4. The maximum atomic E-state index is 12.7. The van der Waals surface area contributed by atoms with E-state index in [4.69, 9.17) is 21.3 Å². The van der Waals surface area contributed by atoms with E-state index in [1.807, 2.05) is 25.3 Å². The Morgan fingerprint density at radius 2 is 2.06 bits per heavy atom. The molecule has 1 unspecified atom stereocenters. The van der Waals surface area contributed by atoms with Gasteiger partial charge < -0.3 is 4.74 Å². The van der Waals surface area contributed by atoms with Crippen LogP contribution >= 0.6 is 11.6 Å². The second-order valence-electron chi connectivity index (χ2n) is 8.50. The van der Waals surface area contributed by atoms with E-state index >= 15 is 0 Å². The van der Waals surface area contributed by atoms with E-state index in [-0.39, 0.29) is 11.7 Å². The van der Waals surface area contributed by atoms with E-state index in [0.29, 0.717) is 23.3 Å². The highest BCUT2D eigenvalue weighted by molar-refractivity contribution is 6.29. The third-order valence-electron chi connectivity index (χ3n) is 6.15. The molecule has 1 N–H and O–H groups in total. The molecule has 2 aliphatic heterocycles. The second-order valence-corrected chi connectivity index (χ2v) is 8.89. The molecule has 5 heterocycles. The molecule has 2 aliphatic rings. The molecule has 0 aliphatic carbocycles. The molecule has 3 aromatic heterocycles. The topological polar surface area (TPSA) is 85.2 Å². The number of methoxy groups -OCH3 is 1. The van der Waals surface area contributed by atoms with Gasteiger partial charge >= 0.3 is 0 Å². The van der Waals surface area contributed by atoms with E-state index in [1.165, 1.54) is 16.3 Å². The summed E-state index contributed by atoms with van der Waals surface area (Å²) in [6.07, 6.45) is 6.41. The lowest BCUT2D eigenvalue weighted by Crippen LogP contribution is -2.51. The lowest BCUT2D eigenvalue weighted by Gasteiger charge is -2.38. The first-order valence-corrected chi connectivity index (χ1v) is 11.2. The number of aromatic nitrogens is 4. The number of hydrogen-bond donors (Lipinski definition) is 1. The van der Waals surface area contributed by atoms with Crippen LogP contribution in [-0.2, 0) is 24.3 Å². The molecular formula is C24H25ClN6O2. The molecular weight excluding hydrogens is 440 g/mol. The van der Waals surface area contributed by atoms with E-state index in [2.05, 4.69) is 33.3 Å². The highest BCUT2D eigenvalue weighted by Gasteiger charge is 2.29. The minimum atomic E-state index is -0.145. The normalized spacial score (nSPS) is 17.7. The molecule has 1 atom stereocenters. The summed E-state index contributed by atoms with van der Waals surface area (Å²) in [6.45, 7) is 5.95. The van der Waals surface area contributed by atoms with Gasteiger partial charge in [0.1, 0.15) is 11.3 Å². The molecule has 3 aromatic rings. The SMILES string of the molecule is COCc1cc(=O)n2c(n1)C=C(C)C(N1CCc3ncc(-c4cnc(Cl)cc4C)cc3C1)N2. The average molecular weight is 465 g/mol. The van der Waals surface area contributed by atoms with Crippen LogP contribution in [0.25, 0.3) is 17.2 Å². The van der Waals surface area contributed by atoms with E-state index < -0.39 is 0 Å². The third-order valence-corrected chi connectivity index (χ3v) is 6.36. The summed E-state index contributed by atoms with van der Waals surface area (Å²) < 4.78 is 6.65. The van der Waals surface area contributed by atoms with Crippen LogP contribution in [0.1, 0.15) is 35.3 Å². The molecule has 5 rings (SSSR count). The van der Waals surface area contributed by atoms with E-state index in [0.717, 1.165) is 47.5 Å². The second kappa shape index (κ2) is 8.70. The molecule has 33 heavy (non-hydrogen) atoms. The van der Waals surface area contributed by atoms with E-state index in [1.54, 1.807) is 13.3 Å². The molecule has 0 radical (unpaired) electrons. The van der Waals surface area contributed by atoms with Crippen molar-refractivity contribution in [3.05, 3.63) is 80.0 Å². The summed E-state index contributed by atoms with van der Waals surface area (Å²) >= 11 is 6.03. The van der Waals surface area contributed by atoms with Crippen LogP contribution in [0.2, 0.25) is 5.15 Å². The molecule has 0 spiro atoms. The Kier molecular flexibility index (Phi) is 5.74. The number of pyridine rings is 2. The van der Waals surface area contributed by atoms with Gasteiger partial charge in [0.2, 0.25) is 0 Å². The number of hydrogen-bond acceptors (Lipinski definition) is 7. The van der Waals surface area contributed by atoms with Crippen molar-refractivity contribution in [2.24, 2.45) is 0 Å². The fourth-order valence-electron chi connectivity index (χ4n) is 4.51. The number of aryl methyl sites for hydroxylation is 1. The van der Waals surface area contributed by atoms with Gasteiger partial charge in [0.25, 0.3) is 5.56 Å². The maximum absolute atomic E-state index is 12.7. The number of nitrogens with zero attached hydrogens (tertiary/aromatic N) is 5. The van der Waals surface area contributed by atoms with Crippen LogP contribution in [-0.4, -0.2) is 44.3 Å². The first-order chi connectivity index (χ1) is 15.9. The van der Waals surface area contributed by atoms with Crippen molar-refractivity contribution >= 4 is 17.7 Å². The Morgan fingerprint density at radius 3 is 2.85 bits per heavy atom. The standard InChI is InChI=1S/C24H25ClN6O2/c1-14-6-21(25)27-11-19(14)16-8-17-12-30(5-4-20(17)26-10-16)24-15(2)7-22-28-18(13-33-3)9-23(32)31(22)29-24/h6-11,24,29H,4-5,12-13H2,1-3H3. The van der Waals surface area contributed by atoms with E-state index in [9.17, 15) is 4.79 Å². The number of nitrogens with one attached hydrogen (secondary N) is 1. The lowest BCUT2D eigenvalue weighted by molar-refractivity contribution is 0.180. The van der Waals surface area contributed by atoms with Crippen molar-refractivity contribution in [1.82, 2.24) is 24.5 Å². The predicted octanol–water partition coefficient (Wildman–Crippen LogP) is 3.15.